The van der Waals surface area contributed by atoms with Crippen molar-refractivity contribution in [2.75, 3.05) is 0 Å². The summed E-state index contributed by atoms with van der Waals surface area (Å²) in [7, 11) is 0. The lowest BCUT2D eigenvalue weighted by atomic mass is 9.63. The number of carboxylic acids is 2. The van der Waals surface area contributed by atoms with E-state index in [0.717, 1.165) is 17.1 Å². The lowest BCUT2D eigenvalue weighted by Crippen LogP contribution is -2.33. The van der Waals surface area contributed by atoms with E-state index >= 15 is 0 Å². The minimum atomic E-state index is -0.931. The molecule has 0 spiro atoms. The van der Waals surface area contributed by atoms with Crippen molar-refractivity contribution in [3.63, 3.8) is 0 Å². The molecule has 0 aliphatic heterocycles. The van der Waals surface area contributed by atoms with E-state index in [9.17, 15) is 9.59 Å². The summed E-state index contributed by atoms with van der Waals surface area (Å²) in [5, 5.41) is 18.0. The van der Waals surface area contributed by atoms with Gasteiger partial charge in [-0.15, -0.1) is 0 Å². The first kappa shape index (κ1) is 35.3. The molecule has 0 unspecified atom stereocenters. The van der Waals surface area contributed by atoms with Gasteiger partial charge in [0.15, 0.2) is 0 Å². The van der Waals surface area contributed by atoms with Crippen molar-refractivity contribution in [1.82, 2.24) is 0 Å². The third-order valence-corrected chi connectivity index (χ3v) is 11.3. The van der Waals surface area contributed by atoms with Crippen LogP contribution in [0.25, 0.3) is 0 Å². The highest BCUT2D eigenvalue weighted by molar-refractivity contribution is 7.99. The quantitative estimate of drug-likeness (QED) is 0.213. The monoisotopic (exact) mass is 664 g/mol. The Bertz CT molecular complexity index is 1680. The van der Waals surface area contributed by atoms with Gasteiger partial charge in [0.1, 0.15) is 11.5 Å². The van der Waals surface area contributed by atoms with Gasteiger partial charge in [-0.2, -0.15) is 0 Å². The molecule has 0 heterocycles. The van der Waals surface area contributed by atoms with Gasteiger partial charge >= 0.3 is 11.9 Å². The Kier molecular flexibility index (Phi) is 9.64. The summed E-state index contributed by atoms with van der Waals surface area (Å²) in [6.07, 6.45) is 4.76. The lowest BCUT2D eigenvalue weighted by Gasteiger charge is -2.42. The van der Waals surface area contributed by atoms with Gasteiger partial charge < -0.3 is 14.9 Å². The number of carboxylic acid groups (broad SMARTS) is 2. The van der Waals surface area contributed by atoms with E-state index in [1.807, 2.05) is 18.2 Å². The van der Waals surface area contributed by atoms with Crippen molar-refractivity contribution in [1.29, 1.82) is 0 Å². The van der Waals surface area contributed by atoms with Crippen LogP contribution in [0.3, 0.4) is 0 Å². The number of carbonyl (C=O) groups is 2. The number of hydrogen-bond donors (Lipinski definition) is 2. The molecule has 5 nitrogen and oxygen atoms in total. The van der Waals surface area contributed by atoms with Gasteiger partial charge in [-0.3, -0.25) is 0 Å². The number of aromatic carboxylic acids is 2. The smallest absolute Gasteiger partial charge is 0.335 e. The maximum Gasteiger partial charge on any atom is 0.335 e. The maximum atomic E-state index is 11.0. The lowest BCUT2D eigenvalue weighted by molar-refractivity contribution is 0.0686. The first-order valence-corrected chi connectivity index (χ1v) is 17.5. The van der Waals surface area contributed by atoms with Crippen LogP contribution in [0, 0.1) is 0 Å². The minimum absolute atomic E-state index is 0.136. The molecule has 0 radical (unpaired) electrons. The van der Waals surface area contributed by atoms with Crippen LogP contribution >= 0.6 is 11.8 Å². The fraction of sp³-hybridized carbons (Fsp3) is 0.381. The molecule has 0 atom stereocenters. The third-order valence-electron chi connectivity index (χ3n) is 10.3. The minimum Gasteiger partial charge on any atom is -0.478 e. The molecule has 0 amide bonds. The Morgan fingerprint density at radius 2 is 0.875 bits per heavy atom. The van der Waals surface area contributed by atoms with E-state index in [1.54, 1.807) is 48.2 Å². The van der Waals surface area contributed by atoms with Crippen molar-refractivity contribution in [3.8, 4) is 11.5 Å². The molecular weight excluding hydrogens is 617 g/mol. The van der Waals surface area contributed by atoms with Crippen LogP contribution in [0.2, 0.25) is 0 Å². The van der Waals surface area contributed by atoms with Crippen LogP contribution in [0.1, 0.15) is 124 Å². The van der Waals surface area contributed by atoms with Crippen molar-refractivity contribution >= 4 is 23.7 Å². The molecular formula is C42H48O5S. The average molecular weight is 665 g/mol. The summed E-state index contributed by atoms with van der Waals surface area (Å²) < 4.78 is 5.95. The third kappa shape index (κ3) is 7.65. The molecule has 4 aromatic rings. The molecule has 252 valence electrons. The van der Waals surface area contributed by atoms with Crippen LogP contribution in [0.15, 0.2) is 94.7 Å². The summed E-state index contributed by atoms with van der Waals surface area (Å²) in [6, 6.07) is 26.7. The highest BCUT2D eigenvalue weighted by atomic mass is 32.2. The number of fused-ring (bicyclic) bond motifs is 2. The number of benzene rings is 4. The molecule has 0 aromatic heterocycles. The van der Waals surface area contributed by atoms with E-state index in [-0.39, 0.29) is 27.2 Å². The summed E-state index contributed by atoms with van der Waals surface area (Å²) in [5.74, 6) is -0.376. The predicted molar refractivity (Wildman–Crippen MR) is 194 cm³/mol. The highest BCUT2D eigenvalue weighted by Gasteiger charge is 2.38. The standard InChI is InChI=1S/C21H24O3.C21H24O2S/c2*1-20(2)11-12-21(3,4)18-13-16(9-10-17(18)20)24-15-7-5-14(6-8-15)19(22)23/h2*5-10,13H,11-12H2,1-4H3,(H,22,23). The van der Waals surface area contributed by atoms with Gasteiger partial charge in [-0.1, -0.05) is 79.3 Å². The predicted octanol–water partition coefficient (Wildman–Crippen LogP) is 11.4. The second-order valence-corrected chi connectivity index (χ2v) is 17.0. The molecule has 0 fully saturated rings. The normalized spacial score (nSPS) is 17.9. The second kappa shape index (κ2) is 13.1. The van der Waals surface area contributed by atoms with Gasteiger partial charge in [-0.05, 0) is 142 Å². The van der Waals surface area contributed by atoms with E-state index in [2.05, 4.69) is 85.7 Å². The van der Waals surface area contributed by atoms with Gasteiger partial charge in [0.05, 0.1) is 11.1 Å². The van der Waals surface area contributed by atoms with Crippen LogP contribution < -0.4 is 4.74 Å². The molecule has 0 saturated heterocycles. The number of ether oxygens (including phenoxy) is 1. The Balaban J connectivity index is 0.000000188. The summed E-state index contributed by atoms with van der Waals surface area (Å²) in [5.41, 5.74) is 7.00. The van der Waals surface area contributed by atoms with Crippen molar-refractivity contribution in [2.45, 2.75) is 113 Å². The van der Waals surface area contributed by atoms with E-state index < -0.39 is 11.9 Å². The molecule has 0 bridgehead atoms. The van der Waals surface area contributed by atoms with Crippen molar-refractivity contribution < 1.29 is 24.5 Å². The van der Waals surface area contributed by atoms with Gasteiger partial charge in [0.25, 0.3) is 0 Å². The molecule has 48 heavy (non-hydrogen) atoms. The van der Waals surface area contributed by atoms with E-state index in [4.69, 9.17) is 14.9 Å². The zero-order valence-electron chi connectivity index (χ0n) is 29.4. The van der Waals surface area contributed by atoms with Gasteiger partial charge in [-0.25, -0.2) is 9.59 Å². The number of hydrogen-bond acceptors (Lipinski definition) is 4. The molecule has 4 aromatic carbocycles. The molecule has 6 heteroatoms. The second-order valence-electron chi connectivity index (χ2n) is 15.8. The van der Waals surface area contributed by atoms with Crippen molar-refractivity contribution in [2.24, 2.45) is 0 Å². The fourth-order valence-electron chi connectivity index (χ4n) is 6.87. The Morgan fingerprint density at radius 3 is 1.35 bits per heavy atom. The largest absolute Gasteiger partial charge is 0.478 e. The fourth-order valence-corrected chi connectivity index (χ4v) is 7.72. The maximum absolute atomic E-state index is 11.0. The highest BCUT2D eigenvalue weighted by Crippen LogP contribution is 2.48. The zero-order chi connectivity index (χ0) is 35.1. The first-order chi connectivity index (χ1) is 22.4. The van der Waals surface area contributed by atoms with E-state index in [1.165, 1.54) is 46.4 Å². The van der Waals surface area contributed by atoms with Gasteiger partial charge in [0.2, 0.25) is 0 Å². The van der Waals surface area contributed by atoms with Crippen LogP contribution in [-0.2, 0) is 21.7 Å². The molecule has 2 aliphatic carbocycles. The van der Waals surface area contributed by atoms with Crippen molar-refractivity contribution in [3.05, 3.63) is 118 Å². The van der Waals surface area contributed by atoms with Gasteiger partial charge in [0, 0.05) is 9.79 Å². The number of rotatable bonds is 6. The van der Waals surface area contributed by atoms with Crippen LogP contribution in [0.4, 0.5) is 0 Å². The molecule has 6 rings (SSSR count). The summed E-state index contributed by atoms with van der Waals surface area (Å²) in [4.78, 5) is 24.2. The topological polar surface area (TPSA) is 83.8 Å². The SMILES string of the molecule is CC1(C)CCC(C)(C)c2cc(Oc3ccc(C(=O)O)cc3)ccc21.CC1(C)CCC(C)(C)c2cc(Sc3ccc(C(=O)O)cc3)ccc21. The van der Waals surface area contributed by atoms with Crippen LogP contribution in [0.5, 0.6) is 11.5 Å². The van der Waals surface area contributed by atoms with E-state index in [0.29, 0.717) is 11.3 Å². The Morgan fingerprint density at radius 1 is 0.500 bits per heavy atom. The average Bonchev–Trinajstić information content (AvgIpc) is 3.03. The molecule has 0 saturated carbocycles. The molecule has 2 N–H and O–H groups in total. The zero-order valence-corrected chi connectivity index (χ0v) is 30.3. The molecule has 2 aliphatic rings. The van der Waals surface area contributed by atoms with Crippen LogP contribution in [-0.4, -0.2) is 22.2 Å². The Hall–Kier alpha value is -4.03. The summed E-state index contributed by atoms with van der Waals surface area (Å²) in [6.45, 7) is 18.5. The first-order valence-electron chi connectivity index (χ1n) is 16.7. The Labute approximate surface area is 289 Å². The summed E-state index contributed by atoms with van der Waals surface area (Å²) >= 11 is 1.69.